The van der Waals surface area contributed by atoms with E-state index in [-0.39, 0.29) is 11.9 Å². The minimum Gasteiger partial charge on any atom is -0.393 e. The molecular weight excluding hydrogens is 272 g/mol. The van der Waals surface area contributed by atoms with Crippen LogP contribution in [0.4, 0.5) is 0 Å². The van der Waals surface area contributed by atoms with Gasteiger partial charge in [0, 0.05) is 6.42 Å². The van der Waals surface area contributed by atoms with Crippen molar-refractivity contribution in [3.05, 3.63) is 0 Å². The predicted molar refractivity (Wildman–Crippen MR) is 98.0 cm³/mol. The lowest BCUT2D eigenvalue weighted by Gasteiger charge is -2.38. The maximum atomic E-state index is 10.5. The first-order valence-electron chi connectivity index (χ1n) is 8.99. The van der Waals surface area contributed by atoms with E-state index in [0.717, 1.165) is 24.2 Å². The Morgan fingerprint density at radius 2 is 1.45 bits per heavy atom. The molecule has 0 radical (unpaired) electrons. The first kappa shape index (κ1) is 23.9. The zero-order valence-corrected chi connectivity index (χ0v) is 16.9. The van der Waals surface area contributed by atoms with Gasteiger partial charge in [0.2, 0.25) is 0 Å². The van der Waals surface area contributed by atoms with Gasteiger partial charge in [-0.15, -0.1) is 0 Å². The highest BCUT2D eigenvalue weighted by molar-refractivity contribution is 5.75. The quantitative estimate of drug-likeness (QED) is 0.622. The number of hydrogen-bond donors (Lipinski definition) is 1. The van der Waals surface area contributed by atoms with Gasteiger partial charge in [-0.1, -0.05) is 62.3 Å². The predicted octanol–water partition coefficient (Wildman–Crippen LogP) is 5.72. The van der Waals surface area contributed by atoms with Crippen molar-refractivity contribution in [2.45, 2.75) is 94.6 Å². The van der Waals surface area contributed by atoms with Crippen LogP contribution in [0.3, 0.4) is 0 Å². The van der Waals surface area contributed by atoms with Gasteiger partial charge >= 0.3 is 0 Å². The van der Waals surface area contributed by atoms with Crippen LogP contribution in [0.1, 0.15) is 88.5 Å². The Kier molecular flexibility index (Phi) is 12.2. The lowest BCUT2D eigenvalue weighted by atomic mass is 9.67. The summed E-state index contributed by atoms with van der Waals surface area (Å²) in [6, 6.07) is 0. The SMILES string of the molecule is CC(=O)CCC(O)CC(C)C.CC(C)C(C)C(C)(C)C(C)C. The Morgan fingerprint density at radius 3 is 1.68 bits per heavy atom. The molecule has 0 aliphatic carbocycles. The number of hydrogen-bond acceptors (Lipinski definition) is 2. The molecule has 1 N–H and O–H groups in total. The van der Waals surface area contributed by atoms with E-state index in [4.69, 9.17) is 0 Å². The average Bonchev–Trinajstić information content (AvgIpc) is 2.35. The van der Waals surface area contributed by atoms with E-state index >= 15 is 0 Å². The minimum atomic E-state index is -0.293. The smallest absolute Gasteiger partial charge is 0.129 e. The van der Waals surface area contributed by atoms with E-state index in [2.05, 4.69) is 62.3 Å². The third kappa shape index (κ3) is 11.2. The van der Waals surface area contributed by atoms with E-state index in [1.807, 2.05) is 0 Å². The van der Waals surface area contributed by atoms with Gasteiger partial charge in [0.15, 0.2) is 0 Å². The molecule has 2 heteroatoms. The highest BCUT2D eigenvalue weighted by Crippen LogP contribution is 2.38. The van der Waals surface area contributed by atoms with Crippen LogP contribution in [0.15, 0.2) is 0 Å². The fraction of sp³-hybridized carbons (Fsp3) is 0.950. The number of Topliss-reactive ketones (excluding diaryl/α,β-unsaturated/α-hetero) is 1. The monoisotopic (exact) mass is 314 g/mol. The first-order valence-corrected chi connectivity index (χ1v) is 8.99. The maximum Gasteiger partial charge on any atom is 0.129 e. The highest BCUT2D eigenvalue weighted by Gasteiger charge is 2.30. The van der Waals surface area contributed by atoms with Gasteiger partial charge in [0.1, 0.15) is 5.78 Å². The molecule has 0 fully saturated rings. The zero-order chi connectivity index (χ0) is 18.1. The van der Waals surface area contributed by atoms with Gasteiger partial charge in [-0.25, -0.2) is 0 Å². The van der Waals surface area contributed by atoms with E-state index in [1.54, 1.807) is 6.92 Å². The zero-order valence-electron chi connectivity index (χ0n) is 16.9. The van der Waals surface area contributed by atoms with Gasteiger partial charge in [0.05, 0.1) is 6.10 Å². The topological polar surface area (TPSA) is 37.3 Å². The van der Waals surface area contributed by atoms with Gasteiger partial charge < -0.3 is 9.90 Å². The van der Waals surface area contributed by atoms with Crippen molar-refractivity contribution in [2.75, 3.05) is 0 Å². The summed E-state index contributed by atoms with van der Waals surface area (Å²) in [6.45, 7) is 22.1. The molecular formula is C20H42O2. The Labute approximate surface area is 140 Å². The molecule has 0 aliphatic heterocycles. The fourth-order valence-corrected chi connectivity index (χ4v) is 2.42. The molecule has 0 saturated heterocycles. The molecule has 0 aromatic rings. The van der Waals surface area contributed by atoms with Crippen molar-refractivity contribution in [1.29, 1.82) is 0 Å². The normalized spacial score (nSPS) is 14.8. The average molecular weight is 315 g/mol. The van der Waals surface area contributed by atoms with E-state index in [0.29, 0.717) is 24.2 Å². The standard InChI is InChI=1S/C11H24.C9H18O2/c1-8(2)10(5)11(6,7)9(3)4;1-7(2)6-9(11)5-4-8(3)10/h8-10H,1-7H3;7,9,11H,4-6H2,1-3H3. The highest BCUT2D eigenvalue weighted by atomic mass is 16.3. The number of carbonyl (C=O) groups excluding carboxylic acids is 1. The third-order valence-electron chi connectivity index (χ3n) is 5.23. The van der Waals surface area contributed by atoms with E-state index < -0.39 is 0 Å². The molecule has 0 amide bonds. The van der Waals surface area contributed by atoms with Crippen LogP contribution in [0, 0.1) is 29.1 Å². The molecule has 0 saturated carbocycles. The van der Waals surface area contributed by atoms with Crippen molar-refractivity contribution in [2.24, 2.45) is 29.1 Å². The molecule has 0 spiro atoms. The lowest BCUT2D eigenvalue weighted by molar-refractivity contribution is -0.117. The van der Waals surface area contributed by atoms with Crippen LogP contribution in [0.2, 0.25) is 0 Å². The lowest BCUT2D eigenvalue weighted by Crippen LogP contribution is -2.30. The molecule has 0 aliphatic rings. The number of rotatable bonds is 8. The summed E-state index contributed by atoms with van der Waals surface area (Å²) >= 11 is 0. The fourth-order valence-electron chi connectivity index (χ4n) is 2.42. The molecule has 2 unspecified atom stereocenters. The first-order chi connectivity index (χ1) is 9.82. The number of ketones is 1. The van der Waals surface area contributed by atoms with Crippen LogP contribution >= 0.6 is 0 Å². The van der Waals surface area contributed by atoms with Gasteiger partial charge in [-0.05, 0) is 48.9 Å². The summed E-state index contributed by atoms with van der Waals surface area (Å²) in [5.41, 5.74) is 0.480. The summed E-state index contributed by atoms with van der Waals surface area (Å²) < 4.78 is 0. The van der Waals surface area contributed by atoms with Crippen LogP contribution in [-0.4, -0.2) is 17.0 Å². The van der Waals surface area contributed by atoms with Crippen molar-refractivity contribution in [3.63, 3.8) is 0 Å². The van der Waals surface area contributed by atoms with E-state index in [1.165, 1.54) is 0 Å². The Balaban J connectivity index is 0. The van der Waals surface area contributed by atoms with Crippen molar-refractivity contribution < 1.29 is 9.90 Å². The molecule has 0 rings (SSSR count). The van der Waals surface area contributed by atoms with Crippen molar-refractivity contribution in [3.8, 4) is 0 Å². The number of aliphatic hydroxyl groups excluding tert-OH is 1. The molecule has 2 atom stereocenters. The third-order valence-corrected chi connectivity index (χ3v) is 5.23. The molecule has 0 heterocycles. The van der Waals surface area contributed by atoms with Crippen molar-refractivity contribution >= 4 is 5.78 Å². The number of aliphatic hydroxyl groups is 1. The Bertz CT molecular complexity index is 290. The Morgan fingerprint density at radius 1 is 1.00 bits per heavy atom. The summed E-state index contributed by atoms with van der Waals surface area (Å²) in [5, 5.41) is 9.32. The molecule has 0 aromatic carbocycles. The number of carbonyl (C=O) groups is 1. The van der Waals surface area contributed by atoms with Gasteiger partial charge in [-0.2, -0.15) is 0 Å². The van der Waals surface area contributed by atoms with Gasteiger partial charge in [0.25, 0.3) is 0 Å². The minimum absolute atomic E-state index is 0.160. The Hall–Kier alpha value is -0.370. The second kappa shape index (κ2) is 11.2. The molecule has 0 bridgehead atoms. The largest absolute Gasteiger partial charge is 0.393 e. The van der Waals surface area contributed by atoms with Gasteiger partial charge in [-0.3, -0.25) is 0 Å². The summed E-state index contributed by atoms with van der Waals surface area (Å²) in [6.07, 6.45) is 1.63. The van der Waals surface area contributed by atoms with Crippen molar-refractivity contribution in [1.82, 2.24) is 0 Å². The van der Waals surface area contributed by atoms with Crippen LogP contribution in [-0.2, 0) is 4.79 Å². The molecule has 0 aromatic heterocycles. The summed E-state index contributed by atoms with van der Waals surface area (Å²) in [7, 11) is 0. The van der Waals surface area contributed by atoms with E-state index in [9.17, 15) is 9.90 Å². The van der Waals surface area contributed by atoms with Crippen LogP contribution in [0.5, 0.6) is 0 Å². The van der Waals surface area contributed by atoms with Crippen LogP contribution < -0.4 is 0 Å². The summed E-state index contributed by atoms with van der Waals surface area (Å²) in [4.78, 5) is 10.5. The molecule has 2 nitrogen and oxygen atoms in total. The maximum absolute atomic E-state index is 10.5. The summed E-state index contributed by atoms with van der Waals surface area (Å²) in [5.74, 6) is 3.06. The molecule has 134 valence electrons. The molecule has 22 heavy (non-hydrogen) atoms. The second-order valence-corrected chi connectivity index (χ2v) is 8.53. The van der Waals surface area contributed by atoms with Crippen LogP contribution in [0.25, 0.3) is 0 Å². The second-order valence-electron chi connectivity index (χ2n) is 8.53.